The minimum absolute atomic E-state index is 0.0363. The molecule has 4 rings (SSSR count). The van der Waals surface area contributed by atoms with Crippen molar-refractivity contribution >= 4 is 22.7 Å². The number of benzene rings is 1. The standard InChI is InChI=1S/C21H22N4O2/c1-15-19(16-7-3-4-9-18(16)23(15)2)21(27)25-13-11-24(12-14-25)20(26)17-8-5-6-10-22-17/h3-10H,11-14H2,1-2H3. The molecule has 6 heteroatoms. The average Bonchev–Trinajstić information content (AvgIpc) is 2.98. The molecule has 1 saturated heterocycles. The monoisotopic (exact) mass is 362 g/mol. The maximum atomic E-state index is 13.2. The summed E-state index contributed by atoms with van der Waals surface area (Å²) in [5, 5.41) is 0.981. The van der Waals surface area contributed by atoms with Gasteiger partial charge in [-0.3, -0.25) is 14.6 Å². The Morgan fingerprint density at radius 3 is 2.19 bits per heavy atom. The lowest BCUT2D eigenvalue weighted by atomic mass is 10.1. The highest BCUT2D eigenvalue weighted by molar-refractivity contribution is 6.08. The number of hydrogen-bond acceptors (Lipinski definition) is 3. The number of nitrogens with zero attached hydrogens (tertiary/aromatic N) is 4. The summed E-state index contributed by atoms with van der Waals surface area (Å²) in [7, 11) is 1.98. The van der Waals surface area contributed by atoms with Crippen LogP contribution in [0.1, 0.15) is 26.5 Å². The Labute approximate surface area is 158 Å². The summed E-state index contributed by atoms with van der Waals surface area (Å²) < 4.78 is 2.06. The van der Waals surface area contributed by atoms with Crippen LogP contribution in [0.2, 0.25) is 0 Å². The molecule has 1 aliphatic heterocycles. The van der Waals surface area contributed by atoms with Crippen molar-refractivity contribution < 1.29 is 9.59 Å². The highest BCUT2D eigenvalue weighted by Crippen LogP contribution is 2.26. The van der Waals surface area contributed by atoms with Crippen molar-refractivity contribution in [3.63, 3.8) is 0 Å². The summed E-state index contributed by atoms with van der Waals surface area (Å²) in [6.07, 6.45) is 1.62. The molecule has 2 amide bonds. The van der Waals surface area contributed by atoms with E-state index in [4.69, 9.17) is 0 Å². The Morgan fingerprint density at radius 2 is 1.52 bits per heavy atom. The van der Waals surface area contributed by atoms with E-state index >= 15 is 0 Å². The Hall–Kier alpha value is -3.15. The number of rotatable bonds is 2. The molecule has 3 aromatic rings. The third-order valence-corrected chi connectivity index (χ3v) is 5.35. The number of pyridine rings is 1. The highest BCUT2D eigenvalue weighted by atomic mass is 16.2. The second-order valence-corrected chi connectivity index (χ2v) is 6.84. The molecule has 0 spiro atoms. The van der Waals surface area contributed by atoms with Crippen LogP contribution in [0.3, 0.4) is 0 Å². The lowest BCUT2D eigenvalue weighted by Gasteiger charge is -2.34. The molecule has 2 aromatic heterocycles. The smallest absolute Gasteiger partial charge is 0.272 e. The van der Waals surface area contributed by atoms with Crippen LogP contribution in [0, 0.1) is 6.92 Å². The predicted molar refractivity (Wildman–Crippen MR) is 104 cm³/mol. The van der Waals surface area contributed by atoms with Crippen molar-refractivity contribution in [2.75, 3.05) is 26.2 Å². The molecule has 0 N–H and O–H groups in total. The van der Waals surface area contributed by atoms with Crippen LogP contribution in [-0.2, 0) is 7.05 Å². The third kappa shape index (κ3) is 2.97. The molecule has 1 fully saturated rings. The van der Waals surface area contributed by atoms with Gasteiger partial charge in [-0.2, -0.15) is 0 Å². The van der Waals surface area contributed by atoms with Gasteiger partial charge < -0.3 is 14.4 Å². The molecule has 0 saturated carbocycles. The Morgan fingerprint density at radius 1 is 0.889 bits per heavy atom. The summed E-state index contributed by atoms with van der Waals surface area (Å²) in [4.78, 5) is 33.5. The van der Waals surface area contributed by atoms with Crippen LogP contribution >= 0.6 is 0 Å². The third-order valence-electron chi connectivity index (χ3n) is 5.35. The molecule has 0 unspecified atom stereocenters. The van der Waals surface area contributed by atoms with E-state index in [9.17, 15) is 9.59 Å². The Bertz CT molecular complexity index is 1000. The topological polar surface area (TPSA) is 58.4 Å². The number of carbonyl (C=O) groups is 2. The van der Waals surface area contributed by atoms with Crippen molar-refractivity contribution in [1.82, 2.24) is 19.4 Å². The van der Waals surface area contributed by atoms with Gasteiger partial charge in [0.25, 0.3) is 11.8 Å². The van der Waals surface area contributed by atoms with Gasteiger partial charge in [-0.15, -0.1) is 0 Å². The maximum absolute atomic E-state index is 13.2. The minimum atomic E-state index is -0.0796. The maximum Gasteiger partial charge on any atom is 0.272 e. The number of carbonyl (C=O) groups excluding carboxylic acids is 2. The van der Waals surface area contributed by atoms with Crippen LogP contribution in [0.4, 0.5) is 0 Å². The first-order valence-electron chi connectivity index (χ1n) is 9.11. The average molecular weight is 362 g/mol. The van der Waals surface area contributed by atoms with E-state index in [0.29, 0.717) is 31.9 Å². The van der Waals surface area contributed by atoms with Gasteiger partial charge in [0.05, 0.1) is 5.56 Å². The fraction of sp³-hybridized carbons (Fsp3) is 0.286. The Balaban J connectivity index is 1.51. The minimum Gasteiger partial charge on any atom is -0.347 e. The number of amides is 2. The summed E-state index contributed by atoms with van der Waals surface area (Å²) in [6.45, 7) is 4.07. The molecule has 27 heavy (non-hydrogen) atoms. The van der Waals surface area contributed by atoms with E-state index in [-0.39, 0.29) is 11.8 Å². The van der Waals surface area contributed by atoms with Crippen molar-refractivity contribution in [3.05, 3.63) is 65.6 Å². The second kappa shape index (κ2) is 6.87. The molecular weight excluding hydrogens is 340 g/mol. The molecule has 0 atom stereocenters. The molecule has 0 aliphatic carbocycles. The van der Waals surface area contributed by atoms with Gasteiger partial charge in [0.15, 0.2) is 0 Å². The normalized spacial score (nSPS) is 14.6. The lowest BCUT2D eigenvalue weighted by Crippen LogP contribution is -2.50. The molecule has 3 heterocycles. The fourth-order valence-electron chi connectivity index (χ4n) is 3.71. The van der Waals surface area contributed by atoms with Gasteiger partial charge in [-0.1, -0.05) is 24.3 Å². The predicted octanol–water partition coefficient (Wildman–Crippen LogP) is 2.48. The first-order valence-corrected chi connectivity index (χ1v) is 9.11. The number of hydrogen-bond donors (Lipinski definition) is 0. The van der Waals surface area contributed by atoms with Gasteiger partial charge >= 0.3 is 0 Å². The molecule has 1 aliphatic rings. The van der Waals surface area contributed by atoms with Crippen LogP contribution in [-0.4, -0.2) is 57.3 Å². The van der Waals surface area contributed by atoms with Crippen molar-refractivity contribution in [2.45, 2.75) is 6.92 Å². The van der Waals surface area contributed by atoms with Crippen LogP contribution in [0.5, 0.6) is 0 Å². The van der Waals surface area contributed by atoms with Gasteiger partial charge in [-0.05, 0) is 25.1 Å². The summed E-state index contributed by atoms with van der Waals surface area (Å²) in [5.74, 6) is -0.0433. The molecule has 138 valence electrons. The molecule has 0 radical (unpaired) electrons. The van der Waals surface area contributed by atoms with E-state index in [1.54, 1.807) is 23.2 Å². The largest absolute Gasteiger partial charge is 0.347 e. The van der Waals surface area contributed by atoms with E-state index in [0.717, 1.165) is 22.2 Å². The van der Waals surface area contributed by atoms with E-state index < -0.39 is 0 Å². The van der Waals surface area contributed by atoms with Crippen LogP contribution in [0.15, 0.2) is 48.7 Å². The number of piperazine rings is 1. The summed E-state index contributed by atoms with van der Waals surface area (Å²) >= 11 is 0. The van der Waals surface area contributed by atoms with Crippen molar-refractivity contribution in [1.29, 1.82) is 0 Å². The van der Waals surface area contributed by atoms with Gasteiger partial charge in [-0.25, -0.2) is 0 Å². The molecule has 0 bridgehead atoms. The van der Waals surface area contributed by atoms with Crippen LogP contribution in [0.25, 0.3) is 10.9 Å². The second-order valence-electron chi connectivity index (χ2n) is 6.84. The molecule has 1 aromatic carbocycles. The summed E-state index contributed by atoms with van der Waals surface area (Å²) in [5.41, 5.74) is 3.23. The first-order chi connectivity index (χ1) is 13.1. The lowest BCUT2D eigenvalue weighted by molar-refractivity contribution is 0.0533. The van der Waals surface area contributed by atoms with E-state index in [2.05, 4.69) is 9.55 Å². The van der Waals surface area contributed by atoms with Crippen molar-refractivity contribution in [2.24, 2.45) is 7.05 Å². The zero-order valence-corrected chi connectivity index (χ0v) is 15.6. The quantitative estimate of drug-likeness (QED) is 0.704. The van der Waals surface area contributed by atoms with Gasteiger partial charge in [0.2, 0.25) is 0 Å². The first kappa shape index (κ1) is 17.3. The van der Waals surface area contributed by atoms with E-state index in [1.807, 2.05) is 49.2 Å². The highest BCUT2D eigenvalue weighted by Gasteiger charge is 2.28. The zero-order chi connectivity index (χ0) is 19.0. The summed E-state index contributed by atoms with van der Waals surface area (Å²) in [6, 6.07) is 13.3. The SMILES string of the molecule is Cc1c(C(=O)N2CCN(C(=O)c3ccccn3)CC2)c2ccccc2n1C. The van der Waals surface area contributed by atoms with E-state index in [1.165, 1.54) is 0 Å². The number of fused-ring (bicyclic) bond motifs is 1. The van der Waals surface area contributed by atoms with Gasteiger partial charge in [0, 0.05) is 56.0 Å². The zero-order valence-electron chi connectivity index (χ0n) is 15.6. The van der Waals surface area contributed by atoms with Gasteiger partial charge in [0.1, 0.15) is 5.69 Å². The number of aryl methyl sites for hydroxylation is 1. The Kier molecular flexibility index (Phi) is 4.39. The van der Waals surface area contributed by atoms with Crippen molar-refractivity contribution in [3.8, 4) is 0 Å². The number of aromatic nitrogens is 2. The number of para-hydroxylation sites is 1. The fourth-order valence-corrected chi connectivity index (χ4v) is 3.71. The molecule has 6 nitrogen and oxygen atoms in total. The molecular formula is C21H22N4O2. The van der Waals surface area contributed by atoms with Crippen LogP contribution < -0.4 is 0 Å².